The summed E-state index contributed by atoms with van der Waals surface area (Å²) in [4.78, 5) is 23.8. The Hall–Kier alpha value is -1.52. The fourth-order valence-electron chi connectivity index (χ4n) is 1.45. The van der Waals surface area contributed by atoms with Gasteiger partial charge in [0, 0.05) is 13.1 Å². The van der Waals surface area contributed by atoms with Crippen molar-refractivity contribution in [3.8, 4) is 0 Å². The fourth-order valence-corrected chi connectivity index (χ4v) is 1.45. The van der Waals surface area contributed by atoms with Crippen LogP contribution in [0.25, 0.3) is 0 Å². The van der Waals surface area contributed by atoms with Crippen LogP contribution in [0.1, 0.15) is 26.7 Å². The van der Waals surface area contributed by atoms with Gasteiger partial charge < -0.3 is 15.3 Å². The van der Waals surface area contributed by atoms with Gasteiger partial charge in [-0.2, -0.15) is 0 Å². The average Bonchev–Trinajstić information content (AvgIpc) is 2.99. The van der Waals surface area contributed by atoms with E-state index in [1.54, 1.807) is 0 Å². The van der Waals surface area contributed by atoms with Gasteiger partial charge in [-0.3, -0.25) is 4.79 Å². The minimum atomic E-state index is -0.969. The van der Waals surface area contributed by atoms with E-state index < -0.39 is 5.97 Å². The lowest BCUT2D eigenvalue weighted by Crippen LogP contribution is -2.43. The molecule has 1 aliphatic rings. The first kappa shape index (κ1) is 13.5. The Kier molecular flexibility index (Phi) is 5.00. The summed E-state index contributed by atoms with van der Waals surface area (Å²) < 4.78 is 0. The molecule has 0 unspecified atom stereocenters. The predicted octanol–water partition coefficient (Wildman–Crippen LogP) is 1.46. The molecular weight excluding hydrogens is 220 g/mol. The van der Waals surface area contributed by atoms with Gasteiger partial charge in [-0.15, -0.1) is 0 Å². The predicted molar refractivity (Wildman–Crippen MR) is 64.8 cm³/mol. The summed E-state index contributed by atoms with van der Waals surface area (Å²) in [5.41, 5.74) is 1.12. The maximum absolute atomic E-state index is 11.7. The van der Waals surface area contributed by atoms with Crippen molar-refractivity contribution < 1.29 is 14.7 Å². The topological polar surface area (TPSA) is 69.6 Å². The smallest absolute Gasteiger partial charge is 0.323 e. The largest absolute Gasteiger partial charge is 0.480 e. The van der Waals surface area contributed by atoms with E-state index in [1.807, 2.05) is 19.9 Å². The van der Waals surface area contributed by atoms with E-state index >= 15 is 0 Å². The number of carbonyl (C=O) groups excluding carboxylic acids is 1. The Morgan fingerprint density at radius 3 is 2.53 bits per heavy atom. The molecule has 0 bridgehead atoms. The van der Waals surface area contributed by atoms with Crippen LogP contribution >= 0.6 is 0 Å². The van der Waals surface area contributed by atoms with Crippen molar-refractivity contribution in [2.45, 2.75) is 26.7 Å². The molecule has 17 heavy (non-hydrogen) atoms. The second-order valence-corrected chi connectivity index (χ2v) is 4.69. The number of carboxylic acids is 1. The van der Waals surface area contributed by atoms with E-state index in [1.165, 1.54) is 4.90 Å². The molecule has 0 saturated heterocycles. The van der Waals surface area contributed by atoms with Crippen LogP contribution in [0.4, 0.5) is 4.79 Å². The zero-order chi connectivity index (χ0) is 12.8. The highest BCUT2D eigenvalue weighted by atomic mass is 16.4. The summed E-state index contributed by atoms with van der Waals surface area (Å²) in [7, 11) is 0. The zero-order valence-corrected chi connectivity index (χ0v) is 10.4. The minimum Gasteiger partial charge on any atom is -0.480 e. The Labute approximate surface area is 101 Å². The first-order valence-electron chi connectivity index (χ1n) is 5.87. The summed E-state index contributed by atoms with van der Waals surface area (Å²) in [6, 6.07) is -0.295. The first-order chi connectivity index (χ1) is 7.99. The molecule has 0 aromatic carbocycles. The molecule has 0 heterocycles. The van der Waals surface area contributed by atoms with Gasteiger partial charge in [0.15, 0.2) is 0 Å². The van der Waals surface area contributed by atoms with Gasteiger partial charge in [0.1, 0.15) is 6.54 Å². The number of aliphatic carboxylic acids is 1. The quantitative estimate of drug-likeness (QED) is 0.690. The molecule has 2 N–H and O–H groups in total. The molecule has 1 aliphatic carbocycles. The number of nitrogens with zero attached hydrogens (tertiary/aromatic N) is 1. The van der Waals surface area contributed by atoms with Crippen LogP contribution in [0.15, 0.2) is 11.6 Å². The van der Waals surface area contributed by atoms with Gasteiger partial charge in [-0.25, -0.2) is 4.79 Å². The lowest BCUT2D eigenvalue weighted by atomic mass is 10.3. The Morgan fingerprint density at radius 2 is 2.06 bits per heavy atom. The third-order valence-corrected chi connectivity index (χ3v) is 2.55. The van der Waals surface area contributed by atoms with E-state index in [9.17, 15) is 9.59 Å². The van der Waals surface area contributed by atoms with E-state index in [0.717, 1.165) is 18.4 Å². The van der Waals surface area contributed by atoms with E-state index in [-0.39, 0.29) is 12.6 Å². The molecule has 5 nitrogen and oxygen atoms in total. The molecule has 96 valence electrons. The second-order valence-electron chi connectivity index (χ2n) is 4.69. The number of carbonyl (C=O) groups is 2. The molecule has 0 aromatic rings. The van der Waals surface area contributed by atoms with Crippen molar-refractivity contribution in [3.05, 3.63) is 11.6 Å². The van der Waals surface area contributed by atoms with Crippen LogP contribution in [-0.2, 0) is 4.79 Å². The number of nitrogens with one attached hydrogen (secondary N) is 1. The standard InChI is InChI=1S/C12H20N2O3/c1-9(2)5-6-13-12(17)14(8-11(15)16)7-10-3-4-10/h5,10H,3-4,6-8H2,1-2H3,(H,13,17)(H,15,16). The monoisotopic (exact) mass is 240 g/mol. The number of hydrogen-bond donors (Lipinski definition) is 2. The van der Waals surface area contributed by atoms with Crippen molar-refractivity contribution in [1.29, 1.82) is 0 Å². The van der Waals surface area contributed by atoms with Gasteiger partial charge in [0.25, 0.3) is 0 Å². The van der Waals surface area contributed by atoms with Crippen LogP contribution in [0.5, 0.6) is 0 Å². The molecule has 0 aliphatic heterocycles. The van der Waals surface area contributed by atoms with Crippen LogP contribution in [-0.4, -0.2) is 41.6 Å². The van der Waals surface area contributed by atoms with Crippen molar-refractivity contribution in [2.75, 3.05) is 19.6 Å². The maximum Gasteiger partial charge on any atom is 0.323 e. The molecular formula is C12H20N2O3. The number of amides is 2. The highest BCUT2D eigenvalue weighted by Crippen LogP contribution is 2.29. The number of allylic oxidation sites excluding steroid dienone is 1. The number of urea groups is 1. The third-order valence-electron chi connectivity index (χ3n) is 2.55. The molecule has 1 rings (SSSR count). The fraction of sp³-hybridized carbons (Fsp3) is 0.667. The molecule has 1 saturated carbocycles. The summed E-state index contributed by atoms with van der Waals surface area (Å²) in [6.45, 7) is 4.67. The summed E-state index contributed by atoms with van der Waals surface area (Å²) in [6.07, 6.45) is 4.09. The SMILES string of the molecule is CC(C)=CCNC(=O)N(CC(=O)O)CC1CC1. The number of hydrogen-bond acceptors (Lipinski definition) is 2. The maximum atomic E-state index is 11.7. The van der Waals surface area contributed by atoms with Crippen molar-refractivity contribution >= 4 is 12.0 Å². The Bertz CT molecular complexity index is 318. The van der Waals surface area contributed by atoms with Crippen molar-refractivity contribution in [1.82, 2.24) is 10.2 Å². The Balaban J connectivity index is 2.40. The molecule has 0 atom stereocenters. The summed E-state index contributed by atoms with van der Waals surface area (Å²) in [5, 5.41) is 11.4. The van der Waals surface area contributed by atoms with Gasteiger partial charge in [0.05, 0.1) is 0 Å². The van der Waals surface area contributed by atoms with E-state index in [4.69, 9.17) is 5.11 Å². The Morgan fingerprint density at radius 1 is 1.41 bits per heavy atom. The molecule has 0 aromatic heterocycles. The molecule has 5 heteroatoms. The molecule has 0 spiro atoms. The summed E-state index contributed by atoms with van der Waals surface area (Å²) >= 11 is 0. The van der Waals surface area contributed by atoms with E-state index in [0.29, 0.717) is 19.0 Å². The second kappa shape index (κ2) is 6.27. The normalized spacial score (nSPS) is 14.0. The molecule has 0 radical (unpaired) electrons. The van der Waals surface area contributed by atoms with Gasteiger partial charge in [-0.05, 0) is 32.6 Å². The summed E-state index contributed by atoms with van der Waals surface area (Å²) in [5.74, 6) is -0.480. The van der Waals surface area contributed by atoms with Gasteiger partial charge in [0.2, 0.25) is 0 Å². The first-order valence-corrected chi connectivity index (χ1v) is 5.87. The number of rotatable bonds is 6. The number of carboxylic acid groups (broad SMARTS) is 1. The van der Waals surface area contributed by atoms with Crippen molar-refractivity contribution in [3.63, 3.8) is 0 Å². The highest BCUT2D eigenvalue weighted by molar-refractivity contribution is 5.80. The molecule has 1 fully saturated rings. The van der Waals surface area contributed by atoms with Gasteiger partial charge >= 0.3 is 12.0 Å². The average molecular weight is 240 g/mol. The highest BCUT2D eigenvalue weighted by Gasteiger charge is 2.27. The van der Waals surface area contributed by atoms with Crippen LogP contribution in [0, 0.1) is 5.92 Å². The van der Waals surface area contributed by atoms with Crippen LogP contribution in [0.3, 0.4) is 0 Å². The minimum absolute atomic E-state index is 0.225. The van der Waals surface area contributed by atoms with Crippen LogP contribution < -0.4 is 5.32 Å². The van der Waals surface area contributed by atoms with Crippen LogP contribution in [0.2, 0.25) is 0 Å². The molecule has 2 amide bonds. The lowest BCUT2D eigenvalue weighted by molar-refractivity contribution is -0.137. The zero-order valence-electron chi connectivity index (χ0n) is 10.4. The van der Waals surface area contributed by atoms with Gasteiger partial charge in [-0.1, -0.05) is 11.6 Å². The lowest BCUT2D eigenvalue weighted by Gasteiger charge is -2.20. The van der Waals surface area contributed by atoms with Crippen molar-refractivity contribution in [2.24, 2.45) is 5.92 Å². The van der Waals surface area contributed by atoms with E-state index in [2.05, 4.69) is 5.32 Å². The third kappa shape index (κ3) is 5.94.